The van der Waals surface area contributed by atoms with E-state index in [0.29, 0.717) is 12.1 Å². The van der Waals surface area contributed by atoms with E-state index in [1.54, 1.807) is 11.2 Å². The van der Waals surface area contributed by atoms with Crippen LogP contribution in [0.15, 0.2) is 23.1 Å². The molecule has 1 aliphatic rings. The first-order valence-electron chi connectivity index (χ1n) is 6.62. The summed E-state index contributed by atoms with van der Waals surface area (Å²) in [6.07, 6.45) is 1.79. The van der Waals surface area contributed by atoms with Gasteiger partial charge in [0, 0.05) is 12.6 Å². The van der Waals surface area contributed by atoms with Gasteiger partial charge >= 0.3 is 0 Å². The highest BCUT2D eigenvalue weighted by molar-refractivity contribution is 7.89. The first-order chi connectivity index (χ1) is 8.84. The molecular weight excluding hydrogens is 265 g/mol. The average molecular weight is 285 g/mol. The molecule has 0 bridgehead atoms. The number of nitrogens with zero attached hydrogens (tertiary/aromatic N) is 1. The van der Waals surface area contributed by atoms with Gasteiger partial charge in [-0.15, -0.1) is 0 Å². The van der Waals surface area contributed by atoms with Gasteiger partial charge in [0.25, 0.3) is 0 Å². The van der Waals surface area contributed by atoms with Crippen LogP contribution in [0.2, 0.25) is 0 Å². The van der Waals surface area contributed by atoms with Crippen molar-refractivity contribution < 1.29 is 12.8 Å². The molecule has 0 aromatic heterocycles. The van der Waals surface area contributed by atoms with Crippen LogP contribution in [-0.2, 0) is 10.0 Å². The molecule has 1 fully saturated rings. The fraction of sp³-hybridized carbons (Fsp3) is 0.571. The molecule has 19 heavy (non-hydrogen) atoms. The molecule has 1 atom stereocenters. The third-order valence-corrected chi connectivity index (χ3v) is 5.83. The smallest absolute Gasteiger partial charge is 0.207 e. The van der Waals surface area contributed by atoms with Crippen LogP contribution < -0.4 is 0 Å². The molecule has 1 saturated heterocycles. The van der Waals surface area contributed by atoms with Gasteiger partial charge in [-0.2, -0.15) is 4.31 Å². The Morgan fingerprint density at radius 2 is 2.05 bits per heavy atom. The lowest BCUT2D eigenvalue weighted by Crippen LogP contribution is -2.38. The van der Waals surface area contributed by atoms with Gasteiger partial charge in [0.1, 0.15) is 5.82 Å². The largest absolute Gasteiger partial charge is 0.243 e. The third kappa shape index (κ3) is 2.67. The number of hydrogen-bond acceptors (Lipinski definition) is 2. The van der Waals surface area contributed by atoms with E-state index in [9.17, 15) is 12.8 Å². The zero-order valence-corrected chi connectivity index (χ0v) is 12.4. The minimum Gasteiger partial charge on any atom is -0.207 e. The number of halogens is 1. The highest BCUT2D eigenvalue weighted by Crippen LogP contribution is 2.31. The Bertz CT molecular complexity index is 569. The minimum atomic E-state index is -3.51. The SMILES string of the molecule is Cc1cc(F)ccc1S(=O)(=O)N1CCCC1C(C)C. The number of aryl methyl sites for hydroxylation is 1. The normalized spacial score (nSPS) is 21.2. The summed E-state index contributed by atoms with van der Waals surface area (Å²) in [5.41, 5.74) is 0.467. The maximum absolute atomic E-state index is 13.1. The molecule has 0 N–H and O–H groups in total. The van der Waals surface area contributed by atoms with Crippen molar-refractivity contribution in [1.82, 2.24) is 4.31 Å². The molecule has 0 amide bonds. The van der Waals surface area contributed by atoms with Crippen molar-refractivity contribution in [3.05, 3.63) is 29.6 Å². The second kappa shape index (κ2) is 5.21. The minimum absolute atomic E-state index is 0.0504. The van der Waals surface area contributed by atoms with Crippen LogP contribution in [-0.4, -0.2) is 25.3 Å². The second-order valence-corrected chi connectivity index (χ2v) is 7.34. The molecule has 2 rings (SSSR count). The molecule has 0 saturated carbocycles. The molecule has 1 aliphatic heterocycles. The van der Waals surface area contributed by atoms with Crippen LogP contribution in [0.3, 0.4) is 0 Å². The van der Waals surface area contributed by atoms with E-state index in [2.05, 4.69) is 0 Å². The van der Waals surface area contributed by atoms with Crippen LogP contribution in [0.25, 0.3) is 0 Å². The maximum atomic E-state index is 13.1. The highest BCUT2D eigenvalue weighted by Gasteiger charge is 2.37. The Hall–Kier alpha value is -0.940. The first kappa shape index (κ1) is 14.5. The van der Waals surface area contributed by atoms with Crippen LogP contribution in [0.4, 0.5) is 4.39 Å². The predicted octanol–water partition coefficient (Wildman–Crippen LogP) is 2.94. The number of rotatable bonds is 3. The summed E-state index contributed by atoms with van der Waals surface area (Å²) in [5, 5.41) is 0. The van der Waals surface area contributed by atoms with Crippen LogP contribution in [0.1, 0.15) is 32.3 Å². The Labute approximate surface area is 114 Å². The van der Waals surface area contributed by atoms with Crippen LogP contribution in [0, 0.1) is 18.7 Å². The number of hydrogen-bond donors (Lipinski definition) is 0. The maximum Gasteiger partial charge on any atom is 0.243 e. The van der Waals surface area contributed by atoms with E-state index in [1.807, 2.05) is 13.8 Å². The van der Waals surface area contributed by atoms with Gasteiger partial charge in [0.15, 0.2) is 0 Å². The summed E-state index contributed by atoms with van der Waals surface area (Å²) < 4.78 is 40.1. The van der Waals surface area contributed by atoms with Crippen molar-refractivity contribution in [1.29, 1.82) is 0 Å². The molecule has 1 aromatic carbocycles. The van der Waals surface area contributed by atoms with Crippen molar-refractivity contribution in [3.63, 3.8) is 0 Å². The lowest BCUT2D eigenvalue weighted by Gasteiger charge is -2.27. The van der Waals surface area contributed by atoms with E-state index in [4.69, 9.17) is 0 Å². The monoisotopic (exact) mass is 285 g/mol. The topological polar surface area (TPSA) is 37.4 Å². The molecule has 1 unspecified atom stereocenters. The fourth-order valence-corrected chi connectivity index (χ4v) is 4.79. The van der Waals surface area contributed by atoms with Gasteiger partial charge in [-0.3, -0.25) is 0 Å². The number of sulfonamides is 1. The van der Waals surface area contributed by atoms with Gasteiger partial charge in [-0.05, 0) is 49.4 Å². The van der Waals surface area contributed by atoms with Crippen molar-refractivity contribution in [2.45, 2.75) is 44.6 Å². The molecule has 0 aliphatic carbocycles. The zero-order chi connectivity index (χ0) is 14.2. The molecule has 3 nitrogen and oxygen atoms in total. The van der Waals surface area contributed by atoms with Gasteiger partial charge < -0.3 is 0 Å². The van der Waals surface area contributed by atoms with Crippen molar-refractivity contribution in [2.75, 3.05) is 6.54 Å². The molecule has 1 heterocycles. The summed E-state index contributed by atoms with van der Waals surface area (Å²) in [7, 11) is -3.51. The fourth-order valence-electron chi connectivity index (χ4n) is 2.76. The summed E-state index contributed by atoms with van der Waals surface area (Å²) >= 11 is 0. The van der Waals surface area contributed by atoms with Crippen molar-refractivity contribution in [2.24, 2.45) is 5.92 Å². The molecule has 0 spiro atoms. The van der Waals surface area contributed by atoms with Crippen molar-refractivity contribution >= 4 is 10.0 Å². The van der Waals surface area contributed by atoms with Gasteiger partial charge in [-0.1, -0.05) is 13.8 Å². The van der Waals surface area contributed by atoms with Crippen molar-refractivity contribution in [3.8, 4) is 0 Å². The zero-order valence-electron chi connectivity index (χ0n) is 11.6. The molecule has 5 heteroatoms. The van der Waals surface area contributed by atoms with Crippen LogP contribution in [0.5, 0.6) is 0 Å². The lowest BCUT2D eigenvalue weighted by molar-refractivity contribution is 0.315. The average Bonchev–Trinajstić information content (AvgIpc) is 2.77. The predicted molar refractivity (Wildman–Crippen MR) is 72.9 cm³/mol. The van der Waals surface area contributed by atoms with Crippen LogP contribution >= 0.6 is 0 Å². The van der Waals surface area contributed by atoms with Gasteiger partial charge in [0.05, 0.1) is 4.90 Å². The van der Waals surface area contributed by atoms with E-state index < -0.39 is 15.8 Å². The summed E-state index contributed by atoms with van der Waals surface area (Å²) in [6.45, 7) is 6.27. The second-order valence-electron chi connectivity index (χ2n) is 5.48. The summed E-state index contributed by atoms with van der Waals surface area (Å²) in [6, 6.07) is 3.90. The Balaban J connectivity index is 2.42. The molecular formula is C14H20FNO2S. The summed E-state index contributed by atoms with van der Waals surface area (Å²) in [5.74, 6) is -0.115. The summed E-state index contributed by atoms with van der Waals surface area (Å²) in [4.78, 5) is 0.224. The molecule has 1 aromatic rings. The molecule has 106 valence electrons. The first-order valence-corrected chi connectivity index (χ1v) is 8.06. The highest BCUT2D eigenvalue weighted by atomic mass is 32.2. The third-order valence-electron chi connectivity index (χ3n) is 3.74. The number of benzene rings is 1. The Kier molecular flexibility index (Phi) is 3.97. The Morgan fingerprint density at radius 1 is 1.37 bits per heavy atom. The Morgan fingerprint density at radius 3 is 2.63 bits per heavy atom. The van der Waals surface area contributed by atoms with E-state index >= 15 is 0 Å². The quantitative estimate of drug-likeness (QED) is 0.856. The standard InChI is InChI=1S/C14H20FNO2S/c1-10(2)13-5-4-8-16(13)19(17,18)14-7-6-12(15)9-11(14)3/h6-7,9-10,13H,4-5,8H2,1-3H3. The van der Waals surface area contributed by atoms with E-state index in [-0.39, 0.29) is 16.9 Å². The van der Waals surface area contributed by atoms with Gasteiger partial charge in [0.2, 0.25) is 10.0 Å². The van der Waals surface area contributed by atoms with Gasteiger partial charge in [-0.25, -0.2) is 12.8 Å². The lowest BCUT2D eigenvalue weighted by atomic mass is 10.0. The van der Waals surface area contributed by atoms with E-state index in [0.717, 1.165) is 12.8 Å². The van der Waals surface area contributed by atoms with E-state index in [1.165, 1.54) is 18.2 Å². The molecule has 0 radical (unpaired) electrons.